The lowest BCUT2D eigenvalue weighted by Gasteiger charge is -2.31. The molecule has 2 aliphatic heterocycles. The van der Waals surface area contributed by atoms with Crippen molar-refractivity contribution in [2.45, 2.75) is 71.8 Å². The highest BCUT2D eigenvalue weighted by atomic mass is 19.1. The van der Waals surface area contributed by atoms with Crippen molar-refractivity contribution in [1.82, 2.24) is 30.3 Å². The van der Waals surface area contributed by atoms with Gasteiger partial charge in [-0.1, -0.05) is 31.2 Å². The number of carbonyl (C=O) groups excluding carboxylic acids is 1. The normalized spacial score (nSPS) is 17.8. The average molecular weight is 640 g/mol. The van der Waals surface area contributed by atoms with Gasteiger partial charge in [-0.3, -0.25) is 9.69 Å². The Kier molecular flexibility index (Phi) is 10.6. The van der Waals surface area contributed by atoms with Crippen molar-refractivity contribution in [3.8, 4) is 11.1 Å². The summed E-state index contributed by atoms with van der Waals surface area (Å²) in [7, 11) is 0. The molecule has 2 saturated heterocycles. The molecule has 0 aliphatic carbocycles. The number of nitrogens with one attached hydrogen (secondary N) is 3. The van der Waals surface area contributed by atoms with Crippen molar-refractivity contribution in [3.05, 3.63) is 82.9 Å². The number of nitrogens with zero attached hydrogens (tertiary/aromatic N) is 4. The Morgan fingerprint density at radius 3 is 2.79 bits per heavy atom. The quantitative estimate of drug-likeness (QED) is 0.186. The molecule has 1 atom stereocenters. The third-order valence-electron chi connectivity index (χ3n) is 9.10. The van der Waals surface area contributed by atoms with E-state index >= 15 is 4.39 Å². The molecule has 4 heterocycles. The fourth-order valence-electron chi connectivity index (χ4n) is 6.59. The van der Waals surface area contributed by atoms with Gasteiger partial charge in [-0.25, -0.2) is 14.1 Å². The predicted molar refractivity (Wildman–Crippen MR) is 186 cm³/mol. The van der Waals surface area contributed by atoms with Crippen LogP contribution in [0.5, 0.6) is 0 Å². The number of fused-ring (bicyclic) bond motifs is 1. The zero-order valence-corrected chi connectivity index (χ0v) is 27.7. The minimum Gasteiger partial charge on any atom is -0.381 e. The highest BCUT2D eigenvalue weighted by molar-refractivity contribution is 5.98. The van der Waals surface area contributed by atoms with Crippen molar-refractivity contribution in [3.63, 3.8) is 0 Å². The molecule has 0 unspecified atom stereocenters. The van der Waals surface area contributed by atoms with Gasteiger partial charge >= 0.3 is 0 Å². The first-order valence-electron chi connectivity index (χ1n) is 16.9. The molecule has 3 N–H and O–H groups in total. The third-order valence-corrected chi connectivity index (χ3v) is 9.10. The van der Waals surface area contributed by atoms with Crippen molar-refractivity contribution in [1.29, 1.82) is 0 Å². The molecular formula is C37H46FN7O2. The number of halogens is 1. The Bertz CT molecular complexity index is 1730. The molecule has 6 rings (SSSR count). The van der Waals surface area contributed by atoms with Gasteiger partial charge in [0, 0.05) is 81.8 Å². The van der Waals surface area contributed by atoms with Crippen molar-refractivity contribution >= 4 is 28.7 Å². The van der Waals surface area contributed by atoms with Crippen LogP contribution in [0.2, 0.25) is 0 Å². The molecule has 47 heavy (non-hydrogen) atoms. The van der Waals surface area contributed by atoms with Crippen LogP contribution in [0.1, 0.15) is 56.0 Å². The van der Waals surface area contributed by atoms with E-state index in [-0.39, 0.29) is 24.3 Å². The fraction of sp³-hybridized carbons (Fsp3) is 0.432. The van der Waals surface area contributed by atoms with E-state index in [0.717, 1.165) is 103 Å². The van der Waals surface area contributed by atoms with Gasteiger partial charge in [0.2, 0.25) is 5.91 Å². The number of hydrogen-bond acceptors (Lipinski definition) is 7. The lowest BCUT2D eigenvalue weighted by atomic mass is 10.00. The van der Waals surface area contributed by atoms with E-state index in [2.05, 4.69) is 58.9 Å². The Hall–Kier alpha value is -4.12. The monoisotopic (exact) mass is 639 g/mol. The SMILES string of the molecule is CCc1nc2c(cnn2CC)c(NC2CCOCC2)c1C=CC(=O)NCc1ccc(F)c(-c2cccc(CN3CCN[C@@H](C)C3)c2)c1. The maximum atomic E-state index is 15.1. The van der Waals surface area contributed by atoms with Crippen LogP contribution in [0.4, 0.5) is 10.1 Å². The van der Waals surface area contributed by atoms with Gasteiger partial charge in [-0.15, -0.1) is 0 Å². The van der Waals surface area contributed by atoms with Gasteiger partial charge in [0.1, 0.15) is 5.82 Å². The summed E-state index contributed by atoms with van der Waals surface area (Å²) in [6, 6.07) is 13.9. The Morgan fingerprint density at radius 1 is 1.15 bits per heavy atom. The molecule has 248 valence electrons. The molecule has 9 nitrogen and oxygen atoms in total. The fourth-order valence-corrected chi connectivity index (χ4v) is 6.59. The van der Waals surface area contributed by atoms with Gasteiger partial charge in [-0.2, -0.15) is 5.10 Å². The molecular weight excluding hydrogens is 593 g/mol. The Morgan fingerprint density at radius 2 is 2.00 bits per heavy atom. The number of anilines is 1. The second-order valence-corrected chi connectivity index (χ2v) is 12.6. The summed E-state index contributed by atoms with van der Waals surface area (Å²) in [6.45, 7) is 12.6. The maximum absolute atomic E-state index is 15.1. The molecule has 2 fully saturated rings. The van der Waals surface area contributed by atoms with Crippen LogP contribution >= 0.6 is 0 Å². The van der Waals surface area contributed by atoms with Crippen LogP contribution in [0.3, 0.4) is 0 Å². The molecule has 4 aromatic rings. The number of rotatable bonds is 11. The summed E-state index contributed by atoms with van der Waals surface area (Å²) in [5.74, 6) is -0.509. The van der Waals surface area contributed by atoms with Crippen molar-refractivity contribution in [2.24, 2.45) is 0 Å². The number of ether oxygens (including phenoxy) is 1. The van der Waals surface area contributed by atoms with E-state index in [1.165, 1.54) is 6.07 Å². The maximum Gasteiger partial charge on any atom is 0.244 e. The number of hydrogen-bond donors (Lipinski definition) is 3. The largest absolute Gasteiger partial charge is 0.381 e. The Balaban J connectivity index is 1.17. The van der Waals surface area contributed by atoms with Crippen LogP contribution in [0, 0.1) is 5.82 Å². The summed E-state index contributed by atoms with van der Waals surface area (Å²) < 4.78 is 22.6. The lowest BCUT2D eigenvalue weighted by molar-refractivity contribution is -0.116. The number of amides is 1. The minimum absolute atomic E-state index is 0.230. The summed E-state index contributed by atoms with van der Waals surface area (Å²) in [4.78, 5) is 20.5. The average Bonchev–Trinajstić information content (AvgIpc) is 3.50. The van der Waals surface area contributed by atoms with E-state index in [4.69, 9.17) is 9.72 Å². The molecule has 0 bridgehead atoms. The predicted octanol–water partition coefficient (Wildman–Crippen LogP) is 5.53. The first-order valence-corrected chi connectivity index (χ1v) is 16.9. The second-order valence-electron chi connectivity index (χ2n) is 12.6. The standard InChI is InChI=1S/C37H46FN7O2/c1-4-34-30(36(42-29-13-17-47-18-14-29)32-22-41-45(5-2)37(32)43-34)10-12-35(46)40-21-26-9-11-33(38)31(20-26)28-8-6-7-27(19-28)24-44-16-15-39-25(3)23-44/h6-12,19-20,22,25,29,39H,4-5,13-18,21,23-24H2,1-3H3,(H,40,46)(H,42,43)/t25-/m0/s1. The van der Waals surface area contributed by atoms with E-state index in [9.17, 15) is 4.79 Å². The zero-order chi connectivity index (χ0) is 32.8. The first-order chi connectivity index (χ1) is 22.9. The minimum atomic E-state index is -0.279. The zero-order valence-electron chi connectivity index (χ0n) is 27.7. The van der Waals surface area contributed by atoms with Crippen LogP contribution in [0.15, 0.2) is 54.7 Å². The van der Waals surface area contributed by atoms with Gasteiger partial charge in [0.05, 0.1) is 23.0 Å². The summed E-state index contributed by atoms with van der Waals surface area (Å²) in [5, 5.41) is 15.7. The van der Waals surface area contributed by atoms with Gasteiger partial charge in [0.25, 0.3) is 0 Å². The van der Waals surface area contributed by atoms with Gasteiger partial charge in [-0.05, 0) is 74.1 Å². The van der Waals surface area contributed by atoms with Crippen LogP contribution in [0.25, 0.3) is 28.2 Å². The number of piperazine rings is 1. The summed E-state index contributed by atoms with van der Waals surface area (Å²) in [5.41, 5.74) is 6.96. The molecule has 2 aromatic heterocycles. The van der Waals surface area contributed by atoms with Crippen LogP contribution in [-0.4, -0.2) is 70.5 Å². The summed E-state index contributed by atoms with van der Waals surface area (Å²) in [6.07, 6.45) is 7.81. The van der Waals surface area contributed by atoms with Gasteiger partial charge in [0.15, 0.2) is 5.65 Å². The topological polar surface area (TPSA) is 96.3 Å². The number of benzene rings is 2. The van der Waals surface area contributed by atoms with E-state index in [1.54, 1.807) is 12.1 Å². The highest BCUT2D eigenvalue weighted by Crippen LogP contribution is 2.32. The first kappa shape index (κ1) is 32.8. The van der Waals surface area contributed by atoms with Crippen molar-refractivity contribution < 1.29 is 13.9 Å². The smallest absolute Gasteiger partial charge is 0.244 e. The lowest BCUT2D eigenvalue weighted by Crippen LogP contribution is -2.48. The molecule has 2 aromatic carbocycles. The number of pyridine rings is 1. The number of carbonyl (C=O) groups is 1. The molecule has 1 amide bonds. The number of aryl methyl sites for hydroxylation is 2. The second kappa shape index (κ2) is 15.2. The van der Waals surface area contributed by atoms with Crippen LogP contribution in [-0.2, 0) is 35.6 Å². The summed E-state index contributed by atoms with van der Waals surface area (Å²) >= 11 is 0. The van der Waals surface area contributed by atoms with E-state index in [0.29, 0.717) is 18.0 Å². The Labute approximate surface area is 276 Å². The molecule has 0 spiro atoms. The molecule has 0 saturated carbocycles. The highest BCUT2D eigenvalue weighted by Gasteiger charge is 2.21. The molecule has 2 aliphatic rings. The molecule has 10 heteroatoms. The van der Waals surface area contributed by atoms with Crippen LogP contribution < -0.4 is 16.0 Å². The van der Waals surface area contributed by atoms with Gasteiger partial charge < -0.3 is 20.7 Å². The van der Waals surface area contributed by atoms with E-state index < -0.39 is 0 Å². The van der Waals surface area contributed by atoms with E-state index in [1.807, 2.05) is 35.2 Å². The van der Waals surface area contributed by atoms with Crippen molar-refractivity contribution in [2.75, 3.05) is 38.2 Å². The molecule has 0 radical (unpaired) electrons. The third kappa shape index (κ3) is 7.89. The number of aromatic nitrogens is 3.